The van der Waals surface area contributed by atoms with Crippen LogP contribution in [0.15, 0.2) is 47.4 Å². The molecule has 0 saturated carbocycles. The maximum Gasteiger partial charge on any atom is 0.278 e. The fourth-order valence-electron chi connectivity index (χ4n) is 2.94. The minimum Gasteiger partial charge on any atom is -0.395 e. The Hall–Kier alpha value is -3.25. The van der Waals surface area contributed by atoms with E-state index in [2.05, 4.69) is 24.8 Å². The molecular weight excluding hydrogens is 438 g/mol. The lowest BCUT2D eigenvalue weighted by molar-refractivity contribution is -0.143. The van der Waals surface area contributed by atoms with Crippen LogP contribution in [0.4, 0.5) is 5.13 Å². The summed E-state index contributed by atoms with van der Waals surface area (Å²) in [6, 6.07) is 5.01. The first-order valence-electron chi connectivity index (χ1n) is 9.40. The first-order valence-corrected chi connectivity index (χ1v) is 11.2. The van der Waals surface area contributed by atoms with E-state index in [9.17, 15) is 9.59 Å². The molecule has 4 heterocycles. The zero-order valence-corrected chi connectivity index (χ0v) is 18.1. The second kappa shape index (κ2) is 9.27. The number of hydrogen-bond donors (Lipinski definition) is 2. The van der Waals surface area contributed by atoms with Gasteiger partial charge < -0.3 is 20.8 Å². The van der Waals surface area contributed by atoms with Crippen LogP contribution in [-0.4, -0.2) is 60.5 Å². The summed E-state index contributed by atoms with van der Waals surface area (Å²) < 4.78 is 4.01. The highest BCUT2D eigenvalue weighted by Crippen LogP contribution is 2.36. The minimum atomic E-state index is -0.669. The largest absolute Gasteiger partial charge is 0.395 e. The number of pyridine rings is 1. The highest BCUT2D eigenvalue weighted by atomic mass is 32.2. The van der Waals surface area contributed by atoms with Crippen molar-refractivity contribution in [1.29, 1.82) is 0 Å². The van der Waals surface area contributed by atoms with Crippen molar-refractivity contribution in [1.82, 2.24) is 24.6 Å². The standard InChI is InChI=1S/C19H19N7O3S2/c1-2-29-24-13(15-23-19(20)31-25-15)16(27)22-14-17(28)26-9-11(10-30-18(14)26)6-7-12-5-3-4-8-21-12/h3-9,14,18H,2,10H2,1H3,(H,22,27)(H2,20,23,25)/t14?,18-/m0/s1. The molecule has 2 amide bonds. The van der Waals surface area contributed by atoms with Gasteiger partial charge in [0, 0.05) is 29.7 Å². The molecule has 2 aliphatic rings. The summed E-state index contributed by atoms with van der Waals surface area (Å²) in [6.07, 6.45) is 7.38. The number of nitrogens with one attached hydrogen (secondary N) is 1. The van der Waals surface area contributed by atoms with Crippen molar-refractivity contribution in [2.75, 3.05) is 18.1 Å². The number of thioether (sulfide) groups is 1. The van der Waals surface area contributed by atoms with Gasteiger partial charge in [-0.05, 0) is 30.7 Å². The van der Waals surface area contributed by atoms with Crippen LogP contribution in [0.2, 0.25) is 0 Å². The third kappa shape index (κ3) is 4.59. The molecule has 2 aromatic rings. The van der Waals surface area contributed by atoms with E-state index in [1.807, 2.05) is 36.6 Å². The van der Waals surface area contributed by atoms with Crippen molar-refractivity contribution in [2.24, 2.45) is 5.16 Å². The Morgan fingerprint density at radius 1 is 1.45 bits per heavy atom. The quantitative estimate of drug-likeness (QED) is 0.360. The summed E-state index contributed by atoms with van der Waals surface area (Å²) in [5, 5.41) is 6.54. The molecule has 4 rings (SSSR count). The predicted molar refractivity (Wildman–Crippen MR) is 119 cm³/mol. The number of hydrogen-bond acceptors (Lipinski definition) is 10. The molecule has 12 heteroatoms. The minimum absolute atomic E-state index is 0.0650. The zero-order valence-electron chi connectivity index (χ0n) is 16.5. The van der Waals surface area contributed by atoms with Gasteiger partial charge >= 0.3 is 0 Å². The van der Waals surface area contributed by atoms with Gasteiger partial charge in [-0.15, -0.1) is 11.8 Å². The predicted octanol–water partition coefficient (Wildman–Crippen LogP) is 1.25. The summed E-state index contributed by atoms with van der Waals surface area (Å²) in [6.45, 7) is 2.00. The number of β-lactam (4-membered cyclic amide) rings is 1. The van der Waals surface area contributed by atoms with Crippen LogP contribution in [-0.2, 0) is 14.4 Å². The average Bonchev–Trinajstić information content (AvgIpc) is 3.22. The Morgan fingerprint density at radius 3 is 3.03 bits per heavy atom. The van der Waals surface area contributed by atoms with Crippen LogP contribution in [0.3, 0.4) is 0 Å². The number of nitrogens with two attached hydrogens (primary N) is 1. The van der Waals surface area contributed by atoms with Crippen molar-refractivity contribution in [3.05, 3.63) is 53.8 Å². The number of fused-ring (bicyclic) bond motifs is 1. The van der Waals surface area contributed by atoms with Gasteiger partial charge in [0.1, 0.15) is 18.0 Å². The zero-order chi connectivity index (χ0) is 21.8. The number of allylic oxidation sites excluding steroid dienone is 1. The van der Waals surface area contributed by atoms with Gasteiger partial charge in [0.05, 0.1) is 5.69 Å². The maximum absolute atomic E-state index is 12.8. The summed E-state index contributed by atoms with van der Waals surface area (Å²) in [7, 11) is 0. The van der Waals surface area contributed by atoms with E-state index >= 15 is 0 Å². The van der Waals surface area contributed by atoms with Crippen LogP contribution in [0, 0.1) is 0 Å². The lowest BCUT2D eigenvalue weighted by atomic mass is 10.1. The Kier molecular flexibility index (Phi) is 6.28. The van der Waals surface area contributed by atoms with Crippen LogP contribution in [0.5, 0.6) is 0 Å². The number of amides is 2. The van der Waals surface area contributed by atoms with Gasteiger partial charge in [-0.1, -0.05) is 17.3 Å². The van der Waals surface area contributed by atoms with Gasteiger partial charge in [0.2, 0.25) is 11.5 Å². The van der Waals surface area contributed by atoms with Gasteiger partial charge in [0.15, 0.2) is 5.13 Å². The summed E-state index contributed by atoms with van der Waals surface area (Å²) in [5.41, 5.74) is 7.32. The Bertz CT molecular complexity index is 1070. The van der Waals surface area contributed by atoms with Crippen molar-refractivity contribution < 1.29 is 14.4 Å². The molecule has 0 aromatic carbocycles. The number of aromatic nitrogens is 3. The molecule has 3 N–H and O–H groups in total. The van der Waals surface area contributed by atoms with Gasteiger partial charge in [-0.3, -0.25) is 14.6 Å². The number of nitrogens with zero attached hydrogens (tertiary/aromatic N) is 5. The number of carbonyl (C=O) groups excluding carboxylic acids is 2. The monoisotopic (exact) mass is 457 g/mol. The molecule has 0 aliphatic carbocycles. The highest BCUT2D eigenvalue weighted by Gasteiger charge is 2.49. The molecule has 160 valence electrons. The molecule has 10 nitrogen and oxygen atoms in total. The number of oxime groups is 1. The van der Waals surface area contributed by atoms with Crippen LogP contribution in [0.1, 0.15) is 18.4 Å². The fraction of sp³-hybridized carbons (Fsp3) is 0.263. The number of anilines is 1. The van der Waals surface area contributed by atoms with Crippen LogP contribution in [0.25, 0.3) is 6.08 Å². The van der Waals surface area contributed by atoms with E-state index in [0.29, 0.717) is 5.75 Å². The second-order valence-corrected chi connectivity index (χ2v) is 8.39. The molecule has 0 radical (unpaired) electrons. The molecule has 0 spiro atoms. The Labute approximate surface area is 186 Å². The number of carbonyl (C=O) groups is 2. The Balaban J connectivity index is 1.42. The smallest absolute Gasteiger partial charge is 0.278 e. The van der Waals surface area contributed by atoms with Crippen molar-refractivity contribution in [2.45, 2.75) is 18.3 Å². The van der Waals surface area contributed by atoms with Gasteiger partial charge in [0.25, 0.3) is 11.8 Å². The summed E-state index contributed by atoms with van der Waals surface area (Å²) in [5.74, 6) is -0.0190. The fourth-order valence-corrected chi connectivity index (χ4v) is 4.61. The normalized spacial score (nSPS) is 20.8. The second-order valence-electron chi connectivity index (χ2n) is 6.50. The first-order chi connectivity index (χ1) is 15.1. The summed E-state index contributed by atoms with van der Waals surface area (Å²) in [4.78, 5) is 40.2. The lowest BCUT2D eigenvalue weighted by Gasteiger charge is -2.47. The van der Waals surface area contributed by atoms with Crippen molar-refractivity contribution in [3.8, 4) is 0 Å². The number of rotatable bonds is 7. The van der Waals surface area contributed by atoms with E-state index in [0.717, 1.165) is 22.8 Å². The van der Waals surface area contributed by atoms with Crippen LogP contribution < -0.4 is 11.1 Å². The molecule has 31 heavy (non-hydrogen) atoms. The van der Waals surface area contributed by atoms with E-state index in [1.54, 1.807) is 29.8 Å². The van der Waals surface area contributed by atoms with E-state index in [-0.39, 0.29) is 34.6 Å². The van der Waals surface area contributed by atoms with Crippen LogP contribution >= 0.6 is 23.3 Å². The first kappa shape index (κ1) is 21.0. The third-order valence-electron chi connectivity index (χ3n) is 4.40. The maximum atomic E-state index is 12.8. The van der Waals surface area contributed by atoms with Crippen molar-refractivity contribution >= 4 is 52.0 Å². The molecule has 2 aromatic heterocycles. The SMILES string of the molecule is CCON=C(C(=O)NC1C(=O)N2C=C(C=Cc3ccccn3)CS[C@@H]12)c1nsc(N)n1. The molecule has 1 saturated heterocycles. The molecule has 2 aliphatic heterocycles. The average molecular weight is 458 g/mol. The van der Waals surface area contributed by atoms with E-state index in [4.69, 9.17) is 10.6 Å². The lowest BCUT2D eigenvalue weighted by Crippen LogP contribution is -2.69. The van der Waals surface area contributed by atoms with Gasteiger partial charge in [-0.2, -0.15) is 9.36 Å². The molecule has 0 bridgehead atoms. The summed E-state index contributed by atoms with van der Waals surface area (Å²) >= 11 is 2.52. The highest BCUT2D eigenvalue weighted by molar-refractivity contribution is 8.00. The number of nitrogen functional groups attached to an aromatic ring is 1. The third-order valence-corrected chi connectivity index (χ3v) is 6.28. The van der Waals surface area contributed by atoms with E-state index in [1.165, 1.54) is 0 Å². The molecular formula is C19H19N7O3S2. The van der Waals surface area contributed by atoms with Crippen molar-refractivity contribution in [3.63, 3.8) is 0 Å². The Morgan fingerprint density at radius 2 is 2.32 bits per heavy atom. The molecule has 1 fully saturated rings. The van der Waals surface area contributed by atoms with Gasteiger partial charge in [-0.25, -0.2) is 0 Å². The molecule has 2 atom stereocenters. The molecule has 1 unspecified atom stereocenters. The van der Waals surface area contributed by atoms with E-state index < -0.39 is 11.9 Å². The topological polar surface area (TPSA) is 136 Å².